The van der Waals surface area contributed by atoms with Crippen LogP contribution in [0.5, 0.6) is 0 Å². The number of benzene rings is 2. The minimum Gasteiger partial charge on any atom is -0.459 e. The smallest absolute Gasteiger partial charge is 0.316 e. The number of aromatic nitrogens is 3. The lowest BCUT2D eigenvalue weighted by Crippen LogP contribution is -2.25. The molecule has 0 aliphatic carbocycles. The highest BCUT2D eigenvalue weighted by molar-refractivity contribution is 7.99. The first kappa shape index (κ1) is 20.4. The van der Waals surface area contributed by atoms with Gasteiger partial charge in [-0.25, -0.2) is 0 Å². The molecule has 146 valence electrons. The fourth-order valence-electron chi connectivity index (χ4n) is 2.60. The molecule has 0 aliphatic heterocycles. The van der Waals surface area contributed by atoms with Gasteiger partial charge in [0.05, 0.1) is 10.8 Å². The van der Waals surface area contributed by atoms with Gasteiger partial charge in [-0.05, 0) is 52.0 Å². The number of hydrogen-bond donors (Lipinski definition) is 0. The van der Waals surface area contributed by atoms with Gasteiger partial charge in [-0.3, -0.25) is 9.36 Å². The number of carbonyl (C=O) groups excluding carboxylic acids is 1. The molecule has 0 radical (unpaired) electrons. The molecule has 28 heavy (non-hydrogen) atoms. The summed E-state index contributed by atoms with van der Waals surface area (Å²) in [6.07, 6.45) is 0. The quantitative estimate of drug-likeness (QED) is 0.416. The van der Waals surface area contributed by atoms with Crippen molar-refractivity contribution >= 4 is 29.3 Å². The minimum atomic E-state index is -0.523. The molecule has 0 spiro atoms. The van der Waals surface area contributed by atoms with Gasteiger partial charge in [0.15, 0.2) is 11.0 Å². The first-order chi connectivity index (χ1) is 13.2. The topological polar surface area (TPSA) is 57.0 Å². The number of thioether (sulfide) groups is 1. The van der Waals surface area contributed by atoms with Crippen molar-refractivity contribution in [3.8, 4) is 17.1 Å². The number of ether oxygens (including phenoxy) is 1. The summed E-state index contributed by atoms with van der Waals surface area (Å²) in [5.74, 6) is 0.473. The Hall–Kier alpha value is -2.31. The SMILES string of the molecule is Cc1ccc(-n2c(SCC(=O)OC(C)(C)C)nnc2-c2ccccc2Cl)cc1. The molecule has 3 aromatic rings. The Bertz CT molecular complexity index is 978. The summed E-state index contributed by atoms with van der Waals surface area (Å²) in [7, 11) is 0. The molecule has 0 saturated heterocycles. The highest BCUT2D eigenvalue weighted by atomic mass is 35.5. The lowest BCUT2D eigenvalue weighted by Gasteiger charge is -2.19. The van der Waals surface area contributed by atoms with Crippen LogP contribution in [0.3, 0.4) is 0 Å². The molecule has 0 N–H and O–H groups in total. The highest BCUT2D eigenvalue weighted by Gasteiger charge is 2.21. The van der Waals surface area contributed by atoms with Crippen LogP contribution >= 0.6 is 23.4 Å². The number of halogens is 1. The van der Waals surface area contributed by atoms with Gasteiger partial charge in [-0.15, -0.1) is 10.2 Å². The zero-order chi connectivity index (χ0) is 20.3. The summed E-state index contributed by atoms with van der Waals surface area (Å²) < 4.78 is 7.31. The van der Waals surface area contributed by atoms with Gasteiger partial charge in [0.25, 0.3) is 0 Å². The van der Waals surface area contributed by atoms with Crippen LogP contribution in [0.15, 0.2) is 53.7 Å². The van der Waals surface area contributed by atoms with Crippen LogP contribution in [0.1, 0.15) is 26.3 Å². The van der Waals surface area contributed by atoms with Gasteiger partial charge in [-0.1, -0.05) is 53.2 Å². The fraction of sp³-hybridized carbons (Fsp3) is 0.286. The molecule has 1 aromatic heterocycles. The van der Waals surface area contributed by atoms with Crippen LogP contribution in [-0.2, 0) is 9.53 Å². The van der Waals surface area contributed by atoms with Gasteiger partial charge in [-0.2, -0.15) is 0 Å². The molecule has 1 heterocycles. The molecule has 0 saturated carbocycles. The molecule has 0 aliphatic rings. The Kier molecular flexibility index (Phi) is 6.10. The monoisotopic (exact) mass is 415 g/mol. The Morgan fingerprint density at radius 2 is 1.79 bits per heavy atom. The number of hydrogen-bond acceptors (Lipinski definition) is 5. The summed E-state index contributed by atoms with van der Waals surface area (Å²) in [4.78, 5) is 12.1. The van der Waals surface area contributed by atoms with E-state index in [1.54, 1.807) is 0 Å². The first-order valence-electron chi connectivity index (χ1n) is 8.86. The van der Waals surface area contributed by atoms with Gasteiger partial charge in [0.1, 0.15) is 5.60 Å². The lowest BCUT2D eigenvalue weighted by atomic mass is 10.2. The van der Waals surface area contributed by atoms with E-state index in [1.807, 2.05) is 80.8 Å². The van der Waals surface area contributed by atoms with Crippen molar-refractivity contribution < 1.29 is 9.53 Å². The third-order valence-electron chi connectivity index (χ3n) is 3.78. The van der Waals surface area contributed by atoms with Gasteiger partial charge in [0.2, 0.25) is 0 Å². The average Bonchev–Trinajstić information content (AvgIpc) is 3.03. The van der Waals surface area contributed by atoms with Crippen molar-refractivity contribution in [1.29, 1.82) is 0 Å². The molecule has 0 fully saturated rings. The van der Waals surface area contributed by atoms with Crippen LogP contribution in [0.2, 0.25) is 5.02 Å². The molecule has 7 heteroatoms. The predicted molar refractivity (Wildman–Crippen MR) is 113 cm³/mol. The maximum Gasteiger partial charge on any atom is 0.316 e. The molecular weight excluding hydrogens is 394 g/mol. The molecular formula is C21H22ClN3O2S. The second kappa shape index (κ2) is 8.37. The summed E-state index contributed by atoms with van der Waals surface area (Å²) >= 11 is 7.68. The van der Waals surface area contributed by atoms with Crippen molar-refractivity contribution in [2.24, 2.45) is 0 Å². The Labute approximate surface area is 174 Å². The molecule has 0 atom stereocenters. The Morgan fingerprint density at radius 1 is 1.11 bits per heavy atom. The lowest BCUT2D eigenvalue weighted by molar-refractivity contribution is -0.151. The van der Waals surface area contributed by atoms with Crippen LogP contribution in [-0.4, -0.2) is 32.1 Å². The largest absolute Gasteiger partial charge is 0.459 e. The van der Waals surface area contributed by atoms with E-state index in [4.69, 9.17) is 16.3 Å². The maximum atomic E-state index is 12.1. The molecule has 0 bridgehead atoms. The van der Waals surface area contributed by atoms with Crippen LogP contribution < -0.4 is 0 Å². The van der Waals surface area contributed by atoms with Gasteiger partial charge >= 0.3 is 5.97 Å². The van der Waals surface area contributed by atoms with Crippen LogP contribution in [0.25, 0.3) is 17.1 Å². The molecule has 0 amide bonds. The van der Waals surface area contributed by atoms with E-state index in [0.29, 0.717) is 16.0 Å². The van der Waals surface area contributed by atoms with Gasteiger partial charge < -0.3 is 4.74 Å². The van der Waals surface area contributed by atoms with Gasteiger partial charge in [0, 0.05) is 11.3 Å². The summed E-state index contributed by atoms with van der Waals surface area (Å²) in [5, 5.41) is 9.86. The summed E-state index contributed by atoms with van der Waals surface area (Å²) in [6, 6.07) is 15.5. The van der Waals surface area contributed by atoms with Crippen molar-refractivity contribution in [2.75, 3.05) is 5.75 Å². The second-order valence-electron chi connectivity index (χ2n) is 7.33. The van der Waals surface area contributed by atoms with E-state index >= 15 is 0 Å². The van der Waals surface area contributed by atoms with Crippen molar-refractivity contribution in [3.05, 3.63) is 59.1 Å². The zero-order valence-electron chi connectivity index (χ0n) is 16.3. The zero-order valence-corrected chi connectivity index (χ0v) is 17.8. The first-order valence-corrected chi connectivity index (χ1v) is 10.2. The van der Waals surface area contributed by atoms with Crippen LogP contribution in [0.4, 0.5) is 0 Å². The maximum absolute atomic E-state index is 12.1. The number of rotatable bonds is 5. The Morgan fingerprint density at radius 3 is 2.43 bits per heavy atom. The predicted octanol–water partition coefficient (Wildman–Crippen LogP) is 5.33. The number of carbonyl (C=O) groups is 1. The highest BCUT2D eigenvalue weighted by Crippen LogP contribution is 2.32. The van der Waals surface area contributed by atoms with Crippen molar-refractivity contribution in [1.82, 2.24) is 14.8 Å². The van der Waals surface area contributed by atoms with E-state index in [1.165, 1.54) is 11.8 Å². The fourth-order valence-corrected chi connectivity index (χ4v) is 3.55. The van der Waals surface area contributed by atoms with E-state index in [0.717, 1.165) is 16.8 Å². The van der Waals surface area contributed by atoms with E-state index < -0.39 is 5.60 Å². The average molecular weight is 416 g/mol. The summed E-state index contributed by atoms with van der Waals surface area (Å²) in [6.45, 7) is 7.57. The van der Waals surface area contributed by atoms with E-state index in [2.05, 4.69) is 10.2 Å². The summed E-state index contributed by atoms with van der Waals surface area (Å²) in [5.41, 5.74) is 2.31. The number of nitrogens with zero attached hydrogens (tertiary/aromatic N) is 3. The third-order valence-corrected chi connectivity index (χ3v) is 5.01. The third kappa shape index (κ3) is 4.94. The molecule has 3 rings (SSSR count). The van der Waals surface area contributed by atoms with Crippen molar-refractivity contribution in [2.45, 2.75) is 38.5 Å². The van der Waals surface area contributed by atoms with Crippen molar-refractivity contribution in [3.63, 3.8) is 0 Å². The van der Waals surface area contributed by atoms with E-state index in [9.17, 15) is 4.79 Å². The molecule has 0 unspecified atom stereocenters. The number of aryl methyl sites for hydroxylation is 1. The molecule has 2 aromatic carbocycles. The standard InChI is InChI=1S/C21H22ClN3O2S/c1-14-9-11-15(12-10-14)25-19(16-7-5-6-8-17(16)22)23-24-20(25)28-13-18(26)27-21(2,3)4/h5-12H,13H2,1-4H3. The minimum absolute atomic E-state index is 0.143. The van der Waals surface area contributed by atoms with E-state index in [-0.39, 0.29) is 11.7 Å². The normalized spacial score (nSPS) is 11.5. The number of esters is 1. The second-order valence-corrected chi connectivity index (χ2v) is 8.68. The molecule has 5 nitrogen and oxygen atoms in total. The Balaban J connectivity index is 1.98. The van der Waals surface area contributed by atoms with Crippen LogP contribution in [0, 0.1) is 6.92 Å².